The predicted octanol–water partition coefficient (Wildman–Crippen LogP) is 2.28. The van der Waals surface area contributed by atoms with E-state index < -0.39 is 5.63 Å². The SMILES string of the molecule is CCCN(C)C(=O)c1cc2ccccc2oc1=O. The second kappa shape index (κ2) is 5.04. The molecule has 18 heavy (non-hydrogen) atoms. The van der Waals surface area contributed by atoms with E-state index in [0.29, 0.717) is 12.1 Å². The van der Waals surface area contributed by atoms with E-state index in [2.05, 4.69) is 0 Å². The largest absolute Gasteiger partial charge is 0.422 e. The van der Waals surface area contributed by atoms with Crippen LogP contribution >= 0.6 is 0 Å². The number of para-hydroxylation sites is 1. The molecule has 2 aromatic rings. The summed E-state index contributed by atoms with van der Waals surface area (Å²) in [6, 6.07) is 8.74. The summed E-state index contributed by atoms with van der Waals surface area (Å²) in [5, 5.41) is 0.755. The van der Waals surface area contributed by atoms with Gasteiger partial charge in [-0.15, -0.1) is 0 Å². The molecule has 0 saturated carbocycles. The lowest BCUT2D eigenvalue weighted by Gasteiger charge is -2.15. The molecule has 0 aliphatic carbocycles. The van der Waals surface area contributed by atoms with Gasteiger partial charge in [0.1, 0.15) is 11.1 Å². The van der Waals surface area contributed by atoms with Crippen LogP contribution in [0.1, 0.15) is 23.7 Å². The third-order valence-electron chi connectivity index (χ3n) is 2.78. The van der Waals surface area contributed by atoms with E-state index in [0.717, 1.165) is 11.8 Å². The van der Waals surface area contributed by atoms with Crippen molar-refractivity contribution in [1.29, 1.82) is 0 Å². The summed E-state index contributed by atoms with van der Waals surface area (Å²) >= 11 is 0. The Hall–Kier alpha value is -2.10. The zero-order valence-corrected chi connectivity index (χ0v) is 10.5. The second-order valence-corrected chi connectivity index (χ2v) is 4.21. The molecule has 0 fully saturated rings. The molecule has 0 aliphatic rings. The first-order chi connectivity index (χ1) is 8.63. The number of carbonyl (C=O) groups excluding carboxylic acids is 1. The van der Waals surface area contributed by atoms with Crippen molar-refractivity contribution < 1.29 is 9.21 Å². The Kier molecular flexibility index (Phi) is 3.46. The Morgan fingerprint density at radius 2 is 2.06 bits per heavy atom. The quantitative estimate of drug-likeness (QED) is 0.779. The summed E-state index contributed by atoms with van der Waals surface area (Å²) in [6.45, 7) is 2.59. The maximum absolute atomic E-state index is 12.1. The smallest absolute Gasteiger partial charge is 0.349 e. The number of nitrogens with zero attached hydrogens (tertiary/aromatic N) is 1. The van der Waals surface area contributed by atoms with Crippen LogP contribution in [0.2, 0.25) is 0 Å². The minimum absolute atomic E-state index is 0.0876. The Balaban J connectivity index is 2.48. The minimum atomic E-state index is -0.582. The molecular weight excluding hydrogens is 230 g/mol. The van der Waals surface area contributed by atoms with Gasteiger partial charge in [0, 0.05) is 19.0 Å². The fourth-order valence-corrected chi connectivity index (χ4v) is 1.85. The number of rotatable bonds is 3. The van der Waals surface area contributed by atoms with Gasteiger partial charge in [0.05, 0.1) is 0 Å². The highest BCUT2D eigenvalue weighted by Gasteiger charge is 2.16. The van der Waals surface area contributed by atoms with Gasteiger partial charge in [-0.2, -0.15) is 0 Å². The van der Waals surface area contributed by atoms with E-state index in [1.165, 1.54) is 4.90 Å². The third kappa shape index (κ3) is 2.27. The molecule has 2 rings (SSSR count). The van der Waals surface area contributed by atoms with Crippen molar-refractivity contribution in [3.05, 3.63) is 46.3 Å². The molecule has 1 aromatic carbocycles. The molecule has 4 nitrogen and oxygen atoms in total. The van der Waals surface area contributed by atoms with Gasteiger partial charge in [0.2, 0.25) is 0 Å². The van der Waals surface area contributed by atoms with Crippen LogP contribution in [-0.2, 0) is 0 Å². The number of hydrogen-bond donors (Lipinski definition) is 0. The first-order valence-corrected chi connectivity index (χ1v) is 5.92. The highest BCUT2D eigenvalue weighted by atomic mass is 16.4. The van der Waals surface area contributed by atoms with Gasteiger partial charge in [-0.25, -0.2) is 4.79 Å². The van der Waals surface area contributed by atoms with Crippen LogP contribution < -0.4 is 5.63 Å². The Labute approximate surface area is 105 Å². The lowest BCUT2D eigenvalue weighted by atomic mass is 10.1. The average molecular weight is 245 g/mol. The monoisotopic (exact) mass is 245 g/mol. The van der Waals surface area contributed by atoms with Crippen LogP contribution in [0.15, 0.2) is 39.5 Å². The highest BCUT2D eigenvalue weighted by Crippen LogP contribution is 2.13. The Morgan fingerprint density at radius 1 is 1.33 bits per heavy atom. The number of hydrogen-bond acceptors (Lipinski definition) is 3. The van der Waals surface area contributed by atoms with Crippen molar-refractivity contribution in [2.45, 2.75) is 13.3 Å². The van der Waals surface area contributed by atoms with Crippen LogP contribution in [0.4, 0.5) is 0 Å². The molecule has 0 unspecified atom stereocenters. The summed E-state index contributed by atoms with van der Waals surface area (Å²) in [5.74, 6) is -0.295. The van der Waals surface area contributed by atoms with Gasteiger partial charge in [-0.3, -0.25) is 4.79 Å². The summed E-state index contributed by atoms with van der Waals surface area (Å²) in [4.78, 5) is 25.4. The molecule has 0 saturated heterocycles. The maximum atomic E-state index is 12.1. The standard InChI is InChI=1S/C14H15NO3/c1-3-8-15(2)13(16)11-9-10-6-4-5-7-12(10)18-14(11)17/h4-7,9H,3,8H2,1-2H3. The molecule has 0 spiro atoms. The van der Waals surface area contributed by atoms with Crippen molar-refractivity contribution in [3.8, 4) is 0 Å². The maximum Gasteiger partial charge on any atom is 0.349 e. The summed E-state index contributed by atoms with van der Waals surface area (Å²) in [5.41, 5.74) is 0.00324. The first-order valence-electron chi connectivity index (χ1n) is 5.92. The average Bonchev–Trinajstić information content (AvgIpc) is 2.37. The van der Waals surface area contributed by atoms with Gasteiger partial charge in [0.25, 0.3) is 5.91 Å². The number of benzene rings is 1. The summed E-state index contributed by atoms with van der Waals surface area (Å²) in [7, 11) is 1.68. The number of amides is 1. The fourth-order valence-electron chi connectivity index (χ4n) is 1.85. The fraction of sp³-hybridized carbons (Fsp3) is 0.286. The third-order valence-corrected chi connectivity index (χ3v) is 2.78. The zero-order chi connectivity index (χ0) is 13.1. The Morgan fingerprint density at radius 3 is 2.78 bits per heavy atom. The lowest BCUT2D eigenvalue weighted by molar-refractivity contribution is 0.0791. The van der Waals surface area contributed by atoms with Crippen LogP contribution in [0, 0.1) is 0 Å². The van der Waals surface area contributed by atoms with E-state index in [1.54, 1.807) is 25.2 Å². The molecule has 94 valence electrons. The molecule has 0 aliphatic heterocycles. The van der Waals surface area contributed by atoms with Crippen LogP contribution in [-0.4, -0.2) is 24.4 Å². The van der Waals surface area contributed by atoms with Gasteiger partial charge in [-0.05, 0) is 18.6 Å². The predicted molar refractivity (Wildman–Crippen MR) is 69.7 cm³/mol. The van der Waals surface area contributed by atoms with Crippen molar-refractivity contribution in [2.75, 3.05) is 13.6 Å². The summed E-state index contributed by atoms with van der Waals surface area (Å²) < 4.78 is 5.14. The molecule has 0 bridgehead atoms. The molecule has 1 heterocycles. The lowest BCUT2D eigenvalue weighted by Crippen LogP contribution is -2.31. The second-order valence-electron chi connectivity index (χ2n) is 4.21. The van der Waals surface area contributed by atoms with Gasteiger partial charge in [-0.1, -0.05) is 25.1 Å². The molecule has 0 radical (unpaired) electrons. The normalized spacial score (nSPS) is 10.6. The number of carbonyl (C=O) groups is 1. The molecule has 0 atom stereocenters. The first kappa shape index (κ1) is 12.4. The number of fused-ring (bicyclic) bond motifs is 1. The molecule has 1 amide bonds. The molecule has 1 aromatic heterocycles. The van der Waals surface area contributed by atoms with E-state index in [4.69, 9.17) is 4.42 Å². The van der Waals surface area contributed by atoms with Crippen LogP contribution in [0.5, 0.6) is 0 Å². The van der Waals surface area contributed by atoms with E-state index in [9.17, 15) is 9.59 Å². The molecule has 4 heteroatoms. The van der Waals surface area contributed by atoms with Crippen molar-refractivity contribution in [3.63, 3.8) is 0 Å². The topological polar surface area (TPSA) is 50.5 Å². The van der Waals surface area contributed by atoms with Crippen molar-refractivity contribution in [2.24, 2.45) is 0 Å². The van der Waals surface area contributed by atoms with E-state index in [1.807, 2.05) is 19.1 Å². The highest BCUT2D eigenvalue weighted by molar-refractivity contribution is 5.96. The van der Waals surface area contributed by atoms with E-state index in [-0.39, 0.29) is 11.5 Å². The molecular formula is C14H15NO3. The van der Waals surface area contributed by atoms with E-state index >= 15 is 0 Å². The van der Waals surface area contributed by atoms with Crippen molar-refractivity contribution in [1.82, 2.24) is 4.90 Å². The van der Waals surface area contributed by atoms with Gasteiger partial charge >= 0.3 is 5.63 Å². The Bertz CT molecular complexity index is 630. The summed E-state index contributed by atoms with van der Waals surface area (Å²) in [6.07, 6.45) is 0.848. The van der Waals surface area contributed by atoms with Crippen LogP contribution in [0.3, 0.4) is 0 Å². The van der Waals surface area contributed by atoms with Gasteiger partial charge in [0.15, 0.2) is 0 Å². The van der Waals surface area contributed by atoms with Crippen LogP contribution in [0.25, 0.3) is 11.0 Å². The minimum Gasteiger partial charge on any atom is -0.422 e. The van der Waals surface area contributed by atoms with Crippen molar-refractivity contribution >= 4 is 16.9 Å². The molecule has 0 N–H and O–H groups in total. The van der Waals surface area contributed by atoms with Gasteiger partial charge < -0.3 is 9.32 Å². The zero-order valence-electron chi connectivity index (χ0n) is 10.5.